The minimum Gasteiger partial charge on any atom is -0.494 e. The van der Waals surface area contributed by atoms with Crippen molar-refractivity contribution in [3.63, 3.8) is 0 Å². The summed E-state index contributed by atoms with van der Waals surface area (Å²) in [7, 11) is 0. The molecular weight excluding hydrogens is 340 g/mol. The number of aromatic nitrogens is 2. The van der Waals surface area contributed by atoms with Gasteiger partial charge in [-0.2, -0.15) is 0 Å². The summed E-state index contributed by atoms with van der Waals surface area (Å²) in [5.41, 5.74) is 0.669. The largest absolute Gasteiger partial charge is 0.494 e. The Labute approximate surface area is 150 Å². The molecule has 0 radical (unpaired) electrons. The molecule has 0 saturated heterocycles. The molecule has 0 unspecified atom stereocenters. The first-order valence-electron chi connectivity index (χ1n) is 8.25. The highest BCUT2D eigenvalue weighted by molar-refractivity contribution is 7.15. The number of aryl methyl sites for hydroxylation is 1. The second-order valence-corrected chi connectivity index (χ2v) is 6.37. The minimum absolute atomic E-state index is 0.0888. The lowest BCUT2D eigenvalue weighted by Crippen LogP contribution is -2.17. The van der Waals surface area contributed by atoms with E-state index >= 15 is 0 Å². The number of carbonyl (C=O) groups excluding carboxylic acids is 2. The van der Waals surface area contributed by atoms with E-state index in [9.17, 15) is 9.59 Å². The number of rotatable bonds is 9. The first-order chi connectivity index (χ1) is 12.1. The van der Waals surface area contributed by atoms with Gasteiger partial charge in [0.1, 0.15) is 10.8 Å². The van der Waals surface area contributed by atoms with Gasteiger partial charge in [0.15, 0.2) is 0 Å². The highest BCUT2D eigenvalue weighted by Crippen LogP contribution is 2.17. The van der Waals surface area contributed by atoms with Crippen LogP contribution in [0, 0.1) is 0 Å². The first-order valence-corrected chi connectivity index (χ1v) is 9.07. The Morgan fingerprint density at radius 2 is 1.72 bits per heavy atom. The van der Waals surface area contributed by atoms with Gasteiger partial charge in [-0.15, -0.1) is 10.2 Å². The number of amides is 2. The molecule has 0 aliphatic heterocycles. The van der Waals surface area contributed by atoms with Crippen LogP contribution < -0.4 is 15.4 Å². The number of nitrogens with one attached hydrogen (secondary N) is 2. The number of anilines is 2. The molecule has 1 heterocycles. The van der Waals surface area contributed by atoms with Crippen LogP contribution >= 0.6 is 11.3 Å². The second-order valence-electron chi connectivity index (χ2n) is 5.30. The number of benzene rings is 1. The molecule has 0 saturated carbocycles. The van der Waals surface area contributed by atoms with Crippen molar-refractivity contribution in [2.45, 2.75) is 39.5 Å². The Morgan fingerprint density at radius 1 is 1.04 bits per heavy atom. The fraction of sp³-hybridized carbons (Fsp3) is 0.412. The van der Waals surface area contributed by atoms with E-state index in [0.717, 1.165) is 23.6 Å². The van der Waals surface area contributed by atoms with Gasteiger partial charge in [0.25, 0.3) is 0 Å². The van der Waals surface area contributed by atoms with Crippen LogP contribution in [-0.2, 0) is 16.0 Å². The quantitative estimate of drug-likeness (QED) is 0.714. The molecule has 2 rings (SSSR count). The summed E-state index contributed by atoms with van der Waals surface area (Å²) in [6.07, 6.45) is 2.01. The summed E-state index contributed by atoms with van der Waals surface area (Å²) >= 11 is 1.36. The van der Waals surface area contributed by atoms with Crippen LogP contribution in [0.5, 0.6) is 5.75 Å². The number of hydrogen-bond acceptors (Lipinski definition) is 6. The fourth-order valence-electron chi connectivity index (χ4n) is 2.05. The summed E-state index contributed by atoms with van der Waals surface area (Å²) in [5, 5.41) is 14.7. The van der Waals surface area contributed by atoms with Crippen molar-refractivity contribution in [3.8, 4) is 5.75 Å². The molecule has 1 aromatic carbocycles. The molecule has 2 aromatic rings. The molecule has 0 aliphatic rings. The van der Waals surface area contributed by atoms with Crippen LogP contribution in [-0.4, -0.2) is 28.6 Å². The molecule has 8 heteroatoms. The molecule has 0 aliphatic carbocycles. The van der Waals surface area contributed by atoms with Gasteiger partial charge in [-0.05, 0) is 37.6 Å². The van der Waals surface area contributed by atoms with E-state index < -0.39 is 0 Å². The zero-order chi connectivity index (χ0) is 18.1. The lowest BCUT2D eigenvalue weighted by atomic mass is 10.2. The standard InChI is InChI=1S/C17H22N4O3S/c1-3-5-16-20-21-17(25-16)19-15(23)11-10-14(22)18-12-6-8-13(9-7-12)24-4-2/h6-9H,3-5,10-11H2,1-2H3,(H,18,22)(H,19,21,23). The van der Waals surface area contributed by atoms with Gasteiger partial charge in [0.05, 0.1) is 6.61 Å². The van der Waals surface area contributed by atoms with Crippen molar-refractivity contribution in [1.29, 1.82) is 0 Å². The molecular formula is C17H22N4O3S. The van der Waals surface area contributed by atoms with Crippen molar-refractivity contribution >= 4 is 34.0 Å². The highest BCUT2D eigenvalue weighted by Gasteiger charge is 2.10. The van der Waals surface area contributed by atoms with E-state index in [-0.39, 0.29) is 24.7 Å². The molecule has 25 heavy (non-hydrogen) atoms. The van der Waals surface area contributed by atoms with Gasteiger partial charge in [0.2, 0.25) is 16.9 Å². The molecule has 1 aromatic heterocycles. The van der Waals surface area contributed by atoms with Gasteiger partial charge >= 0.3 is 0 Å². The maximum Gasteiger partial charge on any atom is 0.226 e. The van der Waals surface area contributed by atoms with E-state index in [1.807, 2.05) is 6.92 Å². The lowest BCUT2D eigenvalue weighted by Gasteiger charge is -2.07. The van der Waals surface area contributed by atoms with E-state index in [1.165, 1.54) is 11.3 Å². The summed E-state index contributed by atoms with van der Waals surface area (Å²) in [6.45, 7) is 4.56. The molecule has 0 fully saturated rings. The third-order valence-electron chi connectivity index (χ3n) is 3.21. The number of ether oxygens (including phenoxy) is 1. The second kappa shape index (κ2) is 9.73. The Kier molecular flexibility index (Phi) is 7.34. The molecule has 0 atom stereocenters. The normalized spacial score (nSPS) is 10.3. The molecule has 2 N–H and O–H groups in total. The zero-order valence-electron chi connectivity index (χ0n) is 14.4. The molecule has 7 nitrogen and oxygen atoms in total. The fourth-order valence-corrected chi connectivity index (χ4v) is 2.91. The van der Waals surface area contributed by atoms with E-state index in [4.69, 9.17) is 4.74 Å². The average Bonchev–Trinajstić information content (AvgIpc) is 3.02. The van der Waals surface area contributed by atoms with Crippen molar-refractivity contribution in [2.75, 3.05) is 17.2 Å². The third kappa shape index (κ3) is 6.50. The number of hydrogen-bond donors (Lipinski definition) is 2. The topological polar surface area (TPSA) is 93.2 Å². The Balaban J connectivity index is 1.73. The van der Waals surface area contributed by atoms with Crippen molar-refractivity contribution in [3.05, 3.63) is 29.3 Å². The van der Waals surface area contributed by atoms with Gasteiger partial charge < -0.3 is 15.4 Å². The van der Waals surface area contributed by atoms with Gasteiger partial charge in [-0.3, -0.25) is 9.59 Å². The lowest BCUT2D eigenvalue weighted by molar-refractivity contribution is -0.121. The van der Waals surface area contributed by atoms with Crippen molar-refractivity contribution < 1.29 is 14.3 Å². The first kappa shape index (κ1) is 18.9. The monoisotopic (exact) mass is 362 g/mol. The van der Waals surface area contributed by atoms with Crippen LogP contribution in [0.25, 0.3) is 0 Å². The maximum atomic E-state index is 11.9. The number of carbonyl (C=O) groups is 2. The minimum atomic E-state index is -0.249. The predicted molar refractivity (Wildman–Crippen MR) is 98.0 cm³/mol. The van der Waals surface area contributed by atoms with Gasteiger partial charge in [0, 0.05) is 24.9 Å². The Bertz CT molecular complexity index is 700. The van der Waals surface area contributed by atoms with Crippen LogP contribution in [0.3, 0.4) is 0 Å². The van der Waals surface area contributed by atoms with Crippen LogP contribution in [0.1, 0.15) is 38.1 Å². The van der Waals surface area contributed by atoms with Crippen LogP contribution in [0.4, 0.5) is 10.8 Å². The summed E-state index contributed by atoms with van der Waals surface area (Å²) in [5.74, 6) is 0.281. The van der Waals surface area contributed by atoms with E-state index in [1.54, 1.807) is 24.3 Å². The van der Waals surface area contributed by atoms with E-state index in [2.05, 4.69) is 27.8 Å². The average molecular weight is 362 g/mol. The maximum absolute atomic E-state index is 11.9. The Morgan fingerprint density at radius 3 is 2.36 bits per heavy atom. The zero-order valence-corrected chi connectivity index (χ0v) is 15.2. The van der Waals surface area contributed by atoms with Crippen LogP contribution in [0.2, 0.25) is 0 Å². The smallest absolute Gasteiger partial charge is 0.226 e. The van der Waals surface area contributed by atoms with Crippen molar-refractivity contribution in [1.82, 2.24) is 10.2 Å². The molecule has 0 spiro atoms. The Hall–Kier alpha value is -2.48. The predicted octanol–water partition coefficient (Wildman–Crippen LogP) is 3.25. The van der Waals surface area contributed by atoms with Gasteiger partial charge in [-0.1, -0.05) is 18.3 Å². The third-order valence-corrected chi connectivity index (χ3v) is 4.10. The number of nitrogens with zero attached hydrogens (tertiary/aromatic N) is 2. The van der Waals surface area contributed by atoms with Gasteiger partial charge in [-0.25, -0.2) is 0 Å². The summed E-state index contributed by atoms with van der Waals surface area (Å²) in [6, 6.07) is 7.10. The molecule has 134 valence electrons. The summed E-state index contributed by atoms with van der Waals surface area (Å²) < 4.78 is 5.34. The van der Waals surface area contributed by atoms with Crippen LogP contribution in [0.15, 0.2) is 24.3 Å². The highest BCUT2D eigenvalue weighted by atomic mass is 32.1. The van der Waals surface area contributed by atoms with E-state index in [0.29, 0.717) is 17.4 Å². The molecule has 2 amide bonds. The molecule has 0 bridgehead atoms. The summed E-state index contributed by atoms with van der Waals surface area (Å²) in [4.78, 5) is 23.8. The SMILES string of the molecule is CCCc1nnc(NC(=O)CCC(=O)Nc2ccc(OCC)cc2)s1. The van der Waals surface area contributed by atoms with Crippen molar-refractivity contribution in [2.24, 2.45) is 0 Å².